The van der Waals surface area contributed by atoms with Gasteiger partial charge in [-0.05, 0) is 25.1 Å². The number of rotatable bonds is 1. The Bertz CT molecular complexity index is 474. The summed E-state index contributed by atoms with van der Waals surface area (Å²) in [6.45, 7) is 1.92. The summed E-state index contributed by atoms with van der Waals surface area (Å²) in [5.41, 5.74) is 7.65. The molecule has 2 rings (SSSR count). The minimum atomic E-state index is -0.0303. The number of benzene rings is 1. The molecule has 4 heteroatoms. The Hall–Kier alpha value is -0.700. The summed E-state index contributed by atoms with van der Waals surface area (Å²) in [4.78, 5) is 3.18. The maximum atomic E-state index is 6.04. The quantitative estimate of drug-likeness (QED) is 0.772. The number of hydrogen-bond acceptors (Lipinski definition) is 1. The van der Waals surface area contributed by atoms with Crippen molar-refractivity contribution in [2.45, 2.75) is 13.0 Å². The highest BCUT2D eigenvalue weighted by molar-refractivity contribution is 6.38. The van der Waals surface area contributed by atoms with E-state index < -0.39 is 0 Å². The zero-order valence-corrected chi connectivity index (χ0v) is 9.15. The maximum Gasteiger partial charge on any atom is 0.0514 e. The predicted molar refractivity (Wildman–Crippen MR) is 60.9 cm³/mol. The number of aromatic nitrogens is 1. The van der Waals surface area contributed by atoms with Gasteiger partial charge >= 0.3 is 0 Å². The molecule has 2 aromatic rings. The molecule has 0 bridgehead atoms. The van der Waals surface area contributed by atoms with Gasteiger partial charge in [0.25, 0.3) is 0 Å². The smallest absolute Gasteiger partial charge is 0.0514 e. The molecule has 74 valence electrons. The lowest BCUT2D eigenvalue weighted by molar-refractivity contribution is 0.792. The number of halogens is 2. The van der Waals surface area contributed by atoms with Crippen molar-refractivity contribution in [3.8, 4) is 0 Å². The standard InChI is InChI=1S/C10H10Cl2N2/c1-5(13)9-4-7-8(12)2-6(11)3-10(7)14-9/h2-5,14H,13H2,1H3. The Morgan fingerprint density at radius 3 is 2.64 bits per heavy atom. The first-order chi connectivity index (χ1) is 6.58. The molecule has 0 aliphatic heterocycles. The van der Waals surface area contributed by atoms with Gasteiger partial charge in [-0.1, -0.05) is 23.2 Å². The third-order valence-electron chi connectivity index (χ3n) is 2.16. The summed E-state index contributed by atoms with van der Waals surface area (Å²) in [6, 6.07) is 5.50. The molecule has 1 aromatic carbocycles. The van der Waals surface area contributed by atoms with Crippen molar-refractivity contribution in [1.82, 2.24) is 4.98 Å². The van der Waals surface area contributed by atoms with Gasteiger partial charge in [0.15, 0.2) is 0 Å². The number of fused-ring (bicyclic) bond motifs is 1. The minimum absolute atomic E-state index is 0.0303. The lowest BCUT2D eigenvalue weighted by atomic mass is 10.2. The molecule has 0 spiro atoms. The molecule has 2 nitrogen and oxygen atoms in total. The van der Waals surface area contributed by atoms with Crippen LogP contribution in [0.1, 0.15) is 18.7 Å². The van der Waals surface area contributed by atoms with E-state index in [1.54, 1.807) is 6.07 Å². The van der Waals surface area contributed by atoms with Crippen molar-refractivity contribution in [3.63, 3.8) is 0 Å². The predicted octanol–water partition coefficient (Wildman–Crippen LogP) is 3.49. The Morgan fingerprint density at radius 2 is 2.00 bits per heavy atom. The van der Waals surface area contributed by atoms with Gasteiger partial charge in [-0.15, -0.1) is 0 Å². The normalized spacial score (nSPS) is 13.4. The van der Waals surface area contributed by atoms with Gasteiger partial charge in [0.1, 0.15) is 0 Å². The van der Waals surface area contributed by atoms with E-state index >= 15 is 0 Å². The first-order valence-corrected chi connectivity index (χ1v) is 5.07. The van der Waals surface area contributed by atoms with Crippen molar-refractivity contribution in [2.24, 2.45) is 5.73 Å². The van der Waals surface area contributed by atoms with Gasteiger partial charge in [-0.25, -0.2) is 0 Å². The second-order valence-electron chi connectivity index (χ2n) is 3.36. The van der Waals surface area contributed by atoms with Crippen LogP contribution in [0.5, 0.6) is 0 Å². The molecule has 1 heterocycles. The highest BCUT2D eigenvalue weighted by Crippen LogP contribution is 2.29. The van der Waals surface area contributed by atoms with E-state index in [1.165, 1.54) is 0 Å². The second-order valence-corrected chi connectivity index (χ2v) is 4.21. The highest BCUT2D eigenvalue weighted by Gasteiger charge is 2.08. The Balaban J connectivity index is 2.70. The fourth-order valence-corrected chi connectivity index (χ4v) is 1.98. The van der Waals surface area contributed by atoms with Crippen LogP contribution in [0, 0.1) is 0 Å². The van der Waals surface area contributed by atoms with Crippen LogP contribution in [0.2, 0.25) is 10.0 Å². The van der Waals surface area contributed by atoms with Gasteiger partial charge < -0.3 is 10.7 Å². The van der Waals surface area contributed by atoms with Gasteiger partial charge in [0, 0.05) is 27.7 Å². The molecular formula is C10H10Cl2N2. The van der Waals surface area contributed by atoms with Crippen molar-refractivity contribution in [1.29, 1.82) is 0 Å². The van der Waals surface area contributed by atoms with Gasteiger partial charge in [-0.3, -0.25) is 0 Å². The summed E-state index contributed by atoms with van der Waals surface area (Å²) >= 11 is 11.9. The summed E-state index contributed by atoms with van der Waals surface area (Å²) < 4.78 is 0. The molecule has 0 fully saturated rings. The van der Waals surface area contributed by atoms with Gasteiger partial charge in [0.05, 0.1) is 5.02 Å². The summed E-state index contributed by atoms with van der Waals surface area (Å²) in [5.74, 6) is 0. The molecule has 14 heavy (non-hydrogen) atoms. The number of nitrogens with two attached hydrogens (primary N) is 1. The third-order valence-corrected chi connectivity index (χ3v) is 2.69. The van der Waals surface area contributed by atoms with E-state index in [4.69, 9.17) is 28.9 Å². The lowest BCUT2D eigenvalue weighted by Gasteiger charge is -1.98. The highest BCUT2D eigenvalue weighted by atomic mass is 35.5. The van der Waals surface area contributed by atoms with Gasteiger partial charge in [0.2, 0.25) is 0 Å². The van der Waals surface area contributed by atoms with Crippen molar-refractivity contribution >= 4 is 34.1 Å². The topological polar surface area (TPSA) is 41.8 Å². The monoisotopic (exact) mass is 228 g/mol. The van der Waals surface area contributed by atoms with E-state index in [2.05, 4.69) is 4.98 Å². The van der Waals surface area contributed by atoms with Crippen molar-refractivity contribution < 1.29 is 0 Å². The second kappa shape index (κ2) is 3.46. The van der Waals surface area contributed by atoms with Crippen LogP contribution in [-0.2, 0) is 0 Å². The van der Waals surface area contributed by atoms with Crippen LogP contribution < -0.4 is 5.73 Å². The number of aromatic amines is 1. The average molecular weight is 229 g/mol. The average Bonchev–Trinajstić information content (AvgIpc) is 2.47. The van der Waals surface area contributed by atoms with E-state index in [1.807, 2.05) is 19.1 Å². The molecular weight excluding hydrogens is 219 g/mol. The van der Waals surface area contributed by atoms with Crippen LogP contribution in [0.3, 0.4) is 0 Å². The zero-order chi connectivity index (χ0) is 10.3. The molecule has 1 aromatic heterocycles. The van der Waals surface area contributed by atoms with Crippen LogP contribution in [0.15, 0.2) is 18.2 Å². The zero-order valence-electron chi connectivity index (χ0n) is 7.64. The molecule has 0 saturated carbocycles. The molecule has 3 N–H and O–H groups in total. The van der Waals surface area contributed by atoms with Crippen molar-refractivity contribution in [2.75, 3.05) is 0 Å². The van der Waals surface area contributed by atoms with E-state index in [-0.39, 0.29) is 6.04 Å². The lowest BCUT2D eigenvalue weighted by Crippen LogP contribution is -2.04. The van der Waals surface area contributed by atoms with E-state index in [0.29, 0.717) is 10.0 Å². The first kappa shape index (κ1) is 9.84. The maximum absolute atomic E-state index is 6.04. The minimum Gasteiger partial charge on any atom is -0.357 e. The Labute approximate surface area is 92.0 Å². The fourth-order valence-electron chi connectivity index (χ4n) is 1.43. The van der Waals surface area contributed by atoms with Crippen LogP contribution in [0.4, 0.5) is 0 Å². The van der Waals surface area contributed by atoms with E-state index in [0.717, 1.165) is 16.6 Å². The molecule has 0 radical (unpaired) electrons. The van der Waals surface area contributed by atoms with Gasteiger partial charge in [-0.2, -0.15) is 0 Å². The fraction of sp³-hybridized carbons (Fsp3) is 0.200. The van der Waals surface area contributed by atoms with Crippen LogP contribution in [0.25, 0.3) is 10.9 Å². The summed E-state index contributed by atoms with van der Waals surface area (Å²) in [7, 11) is 0. The van der Waals surface area contributed by atoms with Crippen LogP contribution in [-0.4, -0.2) is 4.98 Å². The van der Waals surface area contributed by atoms with Crippen molar-refractivity contribution in [3.05, 3.63) is 33.9 Å². The first-order valence-electron chi connectivity index (χ1n) is 4.31. The molecule has 0 aliphatic rings. The largest absolute Gasteiger partial charge is 0.357 e. The Kier molecular flexibility index (Phi) is 2.43. The number of hydrogen-bond donors (Lipinski definition) is 2. The number of H-pyrrole nitrogens is 1. The summed E-state index contributed by atoms with van der Waals surface area (Å²) in [6.07, 6.45) is 0. The molecule has 0 aliphatic carbocycles. The molecule has 0 amide bonds. The molecule has 0 saturated heterocycles. The third kappa shape index (κ3) is 1.61. The number of nitrogens with one attached hydrogen (secondary N) is 1. The molecule has 1 atom stereocenters. The Morgan fingerprint density at radius 1 is 1.29 bits per heavy atom. The molecule has 1 unspecified atom stereocenters. The van der Waals surface area contributed by atoms with Crippen LogP contribution >= 0.6 is 23.2 Å². The summed E-state index contributed by atoms with van der Waals surface area (Å²) in [5, 5.41) is 2.24. The SMILES string of the molecule is CC(N)c1cc2c(Cl)cc(Cl)cc2[nH]1. The van der Waals surface area contributed by atoms with E-state index in [9.17, 15) is 0 Å².